The van der Waals surface area contributed by atoms with Gasteiger partial charge in [-0.15, -0.1) is 0 Å². The summed E-state index contributed by atoms with van der Waals surface area (Å²) in [5.41, 5.74) is 5.49. The van der Waals surface area contributed by atoms with E-state index in [1.165, 1.54) is 77.0 Å². The second-order valence-electron chi connectivity index (χ2n) is 6.47. The third kappa shape index (κ3) is 11.0. The van der Waals surface area contributed by atoms with Crippen molar-refractivity contribution in [2.45, 2.75) is 103 Å². The Balaban J connectivity index is 1.78. The molecule has 0 radical (unpaired) electrons. The molecule has 2 heteroatoms. The van der Waals surface area contributed by atoms with Gasteiger partial charge >= 0.3 is 0 Å². The van der Waals surface area contributed by atoms with E-state index >= 15 is 0 Å². The molecule has 2 unspecified atom stereocenters. The number of ether oxygens (including phenoxy) is 1. The number of allylic oxidation sites excluding steroid dienone is 1. The van der Waals surface area contributed by atoms with Gasteiger partial charge in [-0.25, -0.2) is 0 Å². The Bertz CT molecular complexity index is 252. The average molecular weight is 296 g/mol. The zero-order chi connectivity index (χ0) is 15.2. The van der Waals surface area contributed by atoms with Gasteiger partial charge in [0.2, 0.25) is 0 Å². The van der Waals surface area contributed by atoms with Crippen LogP contribution in [0.2, 0.25) is 0 Å². The predicted molar refractivity (Wildman–Crippen MR) is 92.6 cm³/mol. The molecular weight excluding hydrogens is 258 g/mol. The normalized spacial score (nSPS) is 21.2. The Morgan fingerprint density at radius 3 is 2.24 bits per heavy atom. The highest BCUT2D eigenvalue weighted by atomic mass is 16.6. The van der Waals surface area contributed by atoms with Gasteiger partial charge in [0.15, 0.2) is 0 Å². The molecular formula is C19H37NO. The second kappa shape index (κ2) is 13.3. The Morgan fingerprint density at radius 2 is 1.52 bits per heavy atom. The monoisotopic (exact) mass is 295 g/mol. The number of unbranched alkanes of at least 4 members (excludes halogenated alkanes) is 9. The van der Waals surface area contributed by atoms with E-state index in [2.05, 4.69) is 19.1 Å². The van der Waals surface area contributed by atoms with Crippen molar-refractivity contribution in [2.75, 3.05) is 6.54 Å². The summed E-state index contributed by atoms with van der Waals surface area (Å²) in [6.07, 6.45) is 22.9. The molecule has 2 atom stereocenters. The number of rotatable bonds is 15. The molecule has 21 heavy (non-hydrogen) atoms. The van der Waals surface area contributed by atoms with Crippen LogP contribution in [0.4, 0.5) is 0 Å². The van der Waals surface area contributed by atoms with E-state index in [1.54, 1.807) is 0 Å². The van der Waals surface area contributed by atoms with Crippen molar-refractivity contribution >= 4 is 0 Å². The van der Waals surface area contributed by atoms with E-state index in [9.17, 15) is 0 Å². The molecule has 124 valence electrons. The van der Waals surface area contributed by atoms with Crippen molar-refractivity contribution in [1.82, 2.24) is 0 Å². The fourth-order valence-corrected chi connectivity index (χ4v) is 2.87. The summed E-state index contributed by atoms with van der Waals surface area (Å²) in [5, 5.41) is 0. The summed E-state index contributed by atoms with van der Waals surface area (Å²) in [4.78, 5) is 0. The van der Waals surface area contributed by atoms with Crippen molar-refractivity contribution in [3.05, 3.63) is 12.2 Å². The lowest BCUT2D eigenvalue weighted by Gasteiger charge is -1.99. The highest BCUT2D eigenvalue weighted by molar-refractivity contribution is 4.93. The first-order chi connectivity index (χ1) is 10.4. The minimum absolute atomic E-state index is 0.542. The standard InChI is InChI=1S/C19H37NO/c1-2-3-12-15-18-19(21-18)16-13-10-8-6-4-5-7-9-11-14-17-20/h10,13,18-19H,2-9,11-12,14-17,20H2,1H3/b13-10-. The van der Waals surface area contributed by atoms with E-state index in [-0.39, 0.29) is 0 Å². The minimum atomic E-state index is 0.542. The maximum atomic E-state index is 5.70. The summed E-state index contributed by atoms with van der Waals surface area (Å²) in [6.45, 7) is 3.11. The van der Waals surface area contributed by atoms with Gasteiger partial charge < -0.3 is 10.5 Å². The smallest absolute Gasteiger partial charge is 0.0876 e. The molecule has 1 aliphatic heterocycles. The number of epoxide rings is 1. The van der Waals surface area contributed by atoms with Crippen LogP contribution in [-0.4, -0.2) is 18.8 Å². The van der Waals surface area contributed by atoms with E-state index in [0.29, 0.717) is 12.2 Å². The molecule has 1 aliphatic rings. The quantitative estimate of drug-likeness (QED) is 0.251. The van der Waals surface area contributed by atoms with Gasteiger partial charge in [-0.3, -0.25) is 0 Å². The second-order valence-corrected chi connectivity index (χ2v) is 6.47. The lowest BCUT2D eigenvalue weighted by Crippen LogP contribution is -1.97. The van der Waals surface area contributed by atoms with E-state index in [1.807, 2.05) is 0 Å². The molecule has 0 aliphatic carbocycles. The van der Waals surface area contributed by atoms with Crippen molar-refractivity contribution in [3.63, 3.8) is 0 Å². The van der Waals surface area contributed by atoms with Crippen LogP contribution in [0.5, 0.6) is 0 Å². The highest BCUT2D eigenvalue weighted by Crippen LogP contribution is 2.30. The van der Waals surface area contributed by atoms with Crippen LogP contribution in [0.25, 0.3) is 0 Å². The first kappa shape index (κ1) is 18.7. The first-order valence-electron chi connectivity index (χ1n) is 9.39. The molecule has 0 spiro atoms. The van der Waals surface area contributed by atoms with Crippen LogP contribution in [0.3, 0.4) is 0 Å². The van der Waals surface area contributed by atoms with Crippen LogP contribution in [0.1, 0.15) is 90.4 Å². The van der Waals surface area contributed by atoms with Crippen LogP contribution < -0.4 is 5.73 Å². The summed E-state index contributed by atoms with van der Waals surface area (Å²) >= 11 is 0. The van der Waals surface area contributed by atoms with Gasteiger partial charge in [0.05, 0.1) is 12.2 Å². The summed E-state index contributed by atoms with van der Waals surface area (Å²) < 4.78 is 5.70. The summed E-state index contributed by atoms with van der Waals surface area (Å²) in [5.74, 6) is 0. The third-order valence-electron chi connectivity index (χ3n) is 4.39. The van der Waals surface area contributed by atoms with Crippen LogP contribution in [-0.2, 0) is 4.74 Å². The predicted octanol–water partition coefficient (Wildman–Crippen LogP) is 5.36. The van der Waals surface area contributed by atoms with Crippen LogP contribution in [0.15, 0.2) is 12.2 Å². The average Bonchev–Trinajstić information content (AvgIpc) is 3.23. The molecule has 1 saturated heterocycles. The fourth-order valence-electron chi connectivity index (χ4n) is 2.87. The molecule has 0 aromatic rings. The SMILES string of the molecule is CCCCCC1OC1C/C=C\CCCCCCCCCN. The number of hydrogen-bond acceptors (Lipinski definition) is 2. The van der Waals surface area contributed by atoms with Gasteiger partial charge in [0.25, 0.3) is 0 Å². The molecule has 0 aromatic carbocycles. The molecule has 0 aromatic heterocycles. The fraction of sp³-hybridized carbons (Fsp3) is 0.895. The zero-order valence-electron chi connectivity index (χ0n) is 14.2. The summed E-state index contributed by atoms with van der Waals surface area (Å²) in [7, 11) is 0. The molecule has 1 fully saturated rings. The third-order valence-corrected chi connectivity index (χ3v) is 4.39. The van der Waals surface area contributed by atoms with Crippen molar-refractivity contribution < 1.29 is 4.74 Å². The molecule has 2 N–H and O–H groups in total. The maximum Gasteiger partial charge on any atom is 0.0876 e. The first-order valence-corrected chi connectivity index (χ1v) is 9.39. The Hall–Kier alpha value is -0.340. The molecule has 2 nitrogen and oxygen atoms in total. The van der Waals surface area contributed by atoms with Crippen molar-refractivity contribution in [2.24, 2.45) is 5.73 Å². The van der Waals surface area contributed by atoms with Crippen molar-refractivity contribution in [1.29, 1.82) is 0 Å². The van der Waals surface area contributed by atoms with Gasteiger partial charge in [-0.1, -0.05) is 70.4 Å². The molecule has 0 amide bonds. The largest absolute Gasteiger partial charge is 0.369 e. The van der Waals surface area contributed by atoms with E-state index in [0.717, 1.165) is 13.0 Å². The van der Waals surface area contributed by atoms with Gasteiger partial charge in [0, 0.05) is 0 Å². The van der Waals surface area contributed by atoms with E-state index < -0.39 is 0 Å². The van der Waals surface area contributed by atoms with E-state index in [4.69, 9.17) is 10.5 Å². The summed E-state index contributed by atoms with van der Waals surface area (Å²) in [6, 6.07) is 0. The number of hydrogen-bond donors (Lipinski definition) is 1. The van der Waals surface area contributed by atoms with Gasteiger partial charge in [0.1, 0.15) is 0 Å². The van der Waals surface area contributed by atoms with Gasteiger partial charge in [-0.2, -0.15) is 0 Å². The maximum absolute atomic E-state index is 5.70. The molecule has 0 bridgehead atoms. The highest BCUT2D eigenvalue weighted by Gasteiger charge is 2.36. The molecule has 1 rings (SSSR count). The lowest BCUT2D eigenvalue weighted by atomic mass is 10.1. The van der Waals surface area contributed by atoms with Crippen LogP contribution in [0, 0.1) is 0 Å². The number of nitrogens with two attached hydrogens (primary N) is 1. The molecule has 1 heterocycles. The zero-order valence-corrected chi connectivity index (χ0v) is 14.2. The Morgan fingerprint density at radius 1 is 0.810 bits per heavy atom. The Kier molecular flexibility index (Phi) is 11.9. The topological polar surface area (TPSA) is 38.5 Å². The lowest BCUT2D eigenvalue weighted by molar-refractivity contribution is 0.359. The Labute approximate surface area is 132 Å². The minimum Gasteiger partial charge on any atom is -0.369 e. The van der Waals surface area contributed by atoms with Gasteiger partial charge in [-0.05, 0) is 38.6 Å². The molecule has 0 saturated carbocycles. The van der Waals surface area contributed by atoms with Crippen molar-refractivity contribution in [3.8, 4) is 0 Å². The van der Waals surface area contributed by atoms with Crippen LogP contribution >= 0.6 is 0 Å².